The molecular weight excluding hydrogens is 283 g/mol. The van der Waals surface area contributed by atoms with E-state index in [4.69, 9.17) is 4.74 Å². The molecule has 1 aliphatic rings. The van der Waals surface area contributed by atoms with Crippen LogP contribution in [0.15, 0.2) is 16.0 Å². The van der Waals surface area contributed by atoms with E-state index in [-0.39, 0.29) is 0 Å². The molecule has 0 fully saturated rings. The van der Waals surface area contributed by atoms with Gasteiger partial charge in [-0.25, -0.2) is 0 Å². The molecule has 0 saturated carbocycles. The Hall–Kier alpha value is -0.681. The predicted octanol–water partition coefficient (Wildman–Crippen LogP) is 0.548. The van der Waals surface area contributed by atoms with Gasteiger partial charge in [0, 0.05) is 0 Å². The molecule has 0 atom stereocenters. The number of ether oxygens (including phenoxy) is 1. The SMILES string of the molecule is C=Cc1c(COC)ncc2[c]1[Sn][N]=C2. The van der Waals surface area contributed by atoms with E-state index in [2.05, 4.69) is 14.8 Å². The maximum absolute atomic E-state index is 5.10. The molecule has 2 radical (unpaired) electrons. The van der Waals surface area contributed by atoms with Gasteiger partial charge in [0.25, 0.3) is 0 Å². The Labute approximate surface area is 93.5 Å². The molecule has 70 valence electrons. The fourth-order valence-corrected chi connectivity index (χ4v) is 4.18. The number of hydrogen-bond donors (Lipinski definition) is 0. The molecule has 0 spiro atoms. The molecule has 1 aromatic heterocycles. The zero-order chi connectivity index (χ0) is 9.97. The van der Waals surface area contributed by atoms with Gasteiger partial charge in [0.15, 0.2) is 0 Å². The molecule has 0 N–H and O–H groups in total. The monoisotopic (exact) mass is 294 g/mol. The first-order valence-corrected chi connectivity index (χ1v) is 6.99. The molecule has 0 saturated heterocycles. The fourth-order valence-electron chi connectivity index (χ4n) is 1.44. The summed E-state index contributed by atoms with van der Waals surface area (Å²) < 4.78 is 10.9. The number of fused-ring (bicyclic) bond motifs is 1. The van der Waals surface area contributed by atoms with Crippen LogP contribution in [0, 0.1) is 0 Å². The van der Waals surface area contributed by atoms with Gasteiger partial charge in [0.05, 0.1) is 0 Å². The minimum absolute atomic E-state index is 0.550. The van der Waals surface area contributed by atoms with E-state index in [1.807, 2.05) is 18.5 Å². The molecule has 0 bridgehead atoms. The molecule has 1 aromatic rings. The number of pyridine rings is 1. The van der Waals surface area contributed by atoms with Gasteiger partial charge in [-0.3, -0.25) is 0 Å². The van der Waals surface area contributed by atoms with Crippen LogP contribution in [0.25, 0.3) is 6.08 Å². The van der Waals surface area contributed by atoms with Crippen molar-refractivity contribution in [2.24, 2.45) is 3.21 Å². The van der Waals surface area contributed by atoms with Crippen LogP contribution in [0.4, 0.5) is 0 Å². The van der Waals surface area contributed by atoms with Crippen molar-refractivity contribution < 1.29 is 4.74 Å². The van der Waals surface area contributed by atoms with Gasteiger partial charge in [-0.2, -0.15) is 0 Å². The van der Waals surface area contributed by atoms with Crippen molar-refractivity contribution in [3.05, 3.63) is 29.6 Å². The first kappa shape index (κ1) is 9.86. The van der Waals surface area contributed by atoms with Gasteiger partial charge in [-0.1, -0.05) is 0 Å². The molecule has 0 unspecified atom stereocenters. The quantitative estimate of drug-likeness (QED) is 0.763. The van der Waals surface area contributed by atoms with Gasteiger partial charge >= 0.3 is 93.5 Å². The standard InChI is InChI=1S/C10H10N2O.Sn/c1-3-9-4-8(5-11)6-12-10(9)7-13-2;/h3,5-6H,1,7H2,2H3;/q-1;+1. The topological polar surface area (TPSA) is 34.5 Å². The van der Waals surface area contributed by atoms with E-state index in [0.717, 1.165) is 11.3 Å². The first-order valence-electron chi connectivity index (χ1n) is 4.29. The van der Waals surface area contributed by atoms with Crippen molar-refractivity contribution in [3.63, 3.8) is 0 Å². The van der Waals surface area contributed by atoms with E-state index >= 15 is 0 Å². The second kappa shape index (κ2) is 4.23. The summed E-state index contributed by atoms with van der Waals surface area (Å²) in [6.07, 6.45) is 5.68. The fraction of sp³-hybridized carbons (Fsp3) is 0.200. The number of rotatable bonds is 3. The molecule has 2 rings (SSSR count). The van der Waals surface area contributed by atoms with Crippen LogP contribution in [0.2, 0.25) is 0 Å². The average Bonchev–Trinajstić information content (AvgIpc) is 2.66. The van der Waals surface area contributed by atoms with E-state index < -0.39 is 21.4 Å². The molecule has 4 heteroatoms. The third-order valence-corrected chi connectivity index (χ3v) is 5.06. The number of hydrogen-bond acceptors (Lipinski definition) is 3. The summed E-state index contributed by atoms with van der Waals surface area (Å²) in [6, 6.07) is 0. The van der Waals surface area contributed by atoms with Crippen molar-refractivity contribution in [1.29, 1.82) is 0 Å². The Morgan fingerprint density at radius 1 is 1.64 bits per heavy atom. The van der Waals surface area contributed by atoms with Gasteiger partial charge in [0.1, 0.15) is 0 Å². The zero-order valence-corrected chi connectivity index (χ0v) is 10.8. The molecule has 14 heavy (non-hydrogen) atoms. The first-order chi connectivity index (χ1) is 6.86. The average molecular weight is 293 g/mol. The Balaban J connectivity index is 2.50. The summed E-state index contributed by atoms with van der Waals surface area (Å²) in [5.74, 6) is 0. The Kier molecular flexibility index (Phi) is 2.98. The Morgan fingerprint density at radius 3 is 3.21 bits per heavy atom. The van der Waals surface area contributed by atoms with Crippen LogP contribution in [0.3, 0.4) is 0 Å². The normalized spacial score (nSPS) is 12.9. The second-order valence-electron chi connectivity index (χ2n) is 2.96. The molecule has 2 heterocycles. The van der Waals surface area contributed by atoms with Crippen LogP contribution in [0.1, 0.15) is 16.8 Å². The number of methoxy groups -OCH3 is 1. The van der Waals surface area contributed by atoms with Gasteiger partial charge in [0.2, 0.25) is 0 Å². The van der Waals surface area contributed by atoms with E-state index in [9.17, 15) is 0 Å². The minimum atomic E-state index is -0.756. The van der Waals surface area contributed by atoms with Crippen LogP contribution < -0.4 is 3.58 Å². The third kappa shape index (κ3) is 1.61. The summed E-state index contributed by atoms with van der Waals surface area (Å²) in [7, 11) is 1.68. The molecular formula is C10H10N2OSn. The summed E-state index contributed by atoms with van der Waals surface area (Å²) >= 11 is -0.756. The van der Waals surface area contributed by atoms with Crippen molar-refractivity contribution in [2.75, 3.05) is 7.11 Å². The Bertz CT molecular complexity index is 401. The van der Waals surface area contributed by atoms with E-state index in [1.165, 1.54) is 9.14 Å². The summed E-state index contributed by atoms with van der Waals surface area (Å²) in [5, 5.41) is 0. The molecule has 0 aromatic carbocycles. The molecule has 1 aliphatic heterocycles. The van der Waals surface area contributed by atoms with Crippen LogP contribution in [-0.4, -0.2) is 39.7 Å². The Morgan fingerprint density at radius 2 is 2.50 bits per heavy atom. The van der Waals surface area contributed by atoms with Crippen LogP contribution in [0.5, 0.6) is 0 Å². The van der Waals surface area contributed by atoms with Crippen molar-refractivity contribution >= 4 is 37.3 Å². The number of aromatic nitrogens is 1. The zero-order valence-electron chi connectivity index (χ0n) is 7.95. The van der Waals surface area contributed by atoms with Crippen LogP contribution >= 0.6 is 0 Å². The van der Waals surface area contributed by atoms with Gasteiger partial charge in [-0.15, -0.1) is 0 Å². The summed E-state index contributed by atoms with van der Waals surface area (Å²) in [5.41, 5.74) is 3.30. The predicted molar refractivity (Wildman–Crippen MR) is 58.0 cm³/mol. The van der Waals surface area contributed by atoms with Crippen molar-refractivity contribution in [2.45, 2.75) is 6.61 Å². The van der Waals surface area contributed by atoms with Crippen molar-refractivity contribution in [1.82, 2.24) is 4.98 Å². The maximum atomic E-state index is 5.10. The van der Waals surface area contributed by atoms with Gasteiger partial charge in [-0.05, 0) is 0 Å². The van der Waals surface area contributed by atoms with Gasteiger partial charge < -0.3 is 0 Å². The third-order valence-electron chi connectivity index (χ3n) is 2.09. The van der Waals surface area contributed by atoms with Crippen LogP contribution in [-0.2, 0) is 11.3 Å². The molecule has 0 aliphatic carbocycles. The van der Waals surface area contributed by atoms with Crippen molar-refractivity contribution in [3.8, 4) is 0 Å². The van der Waals surface area contributed by atoms with E-state index in [0.29, 0.717) is 6.61 Å². The second-order valence-corrected chi connectivity index (χ2v) is 5.76. The molecule has 0 amide bonds. The molecule has 3 nitrogen and oxygen atoms in total. The van der Waals surface area contributed by atoms with E-state index in [1.54, 1.807) is 7.11 Å². The summed E-state index contributed by atoms with van der Waals surface area (Å²) in [6.45, 7) is 4.38. The number of nitrogens with zero attached hydrogens (tertiary/aromatic N) is 2. The summed E-state index contributed by atoms with van der Waals surface area (Å²) in [4.78, 5) is 4.35.